The average Bonchev–Trinajstić information content (AvgIpc) is 2.44. The minimum atomic E-state index is -0.142. The van der Waals surface area contributed by atoms with Crippen molar-refractivity contribution in [2.45, 2.75) is 6.42 Å². The second-order valence-electron chi connectivity index (χ2n) is 4.11. The van der Waals surface area contributed by atoms with Gasteiger partial charge in [-0.15, -0.1) is 0 Å². The zero-order valence-electron chi connectivity index (χ0n) is 10.6. The molecule has 19 heavy (non-hydrogen) atoms. The summed E-state index contributed by atoms with van der Waals surface area (Å²) in [7, 11) is 1.64. The lowest BCUT2D eigenvalue weighted by atomic mass is 10.1. The van der Waals surface area contributed by atoms with Gasteiger partial charge >= 0.3 is 0 Å². The summed E-state index contributed by atoms with van der Waals surface area (Å²) in [6.07, 6.45) is 2.29. The number of aromatic nitrogens is 1. The first-order chi connectivity index (χ1) is 9.24. The number of methoxy groups -OCH3 is 1. The molecule has 0 atom stereocenters. The Morgan fingerprint density at radius 3 is 2.84 bits per heavy atom. The van der Waals surface area contributed by atoms with Gasteiger partial charge in [0, 0.05) is 31.8 Å². The van der Waals surface area contributed by atoms with E-state index in [1.54, 1.807) is 7.11 Å². The summed E-state index contributed by atoms with van der Waals surface area (Å²) in [6, 6.07) is 7.47. The third-order valence-electron chi connectivity index (χ3n) is 2.80. The highest BCUT2D eigenvalue weighted by atomic mass is 35.5. The molecular formula is C14H15ClN2O2. The molecule has 0 saturated heterocycles. The number of carbonyl (C=O) groups excluding carboxylic acids is 1. The molecule has 2 rings (SSSR count). The molecule has 5 heteroatoms. The Hall–Kier alpha value is -1.65. The maximum atomic E-state index is 12.1. The van der Waals surface area contributed by atoms with E-state index >= 15 is 0 Å². The van der Waals surface area contributed by atoms with Crippen LogP contribution in [0, 0.1) is 0 Å². The summed E-state index contributed by atoms with van der Waals surface area (Å²) in [5.41, 5.74) is 0.539. The van der Waals surface area contributed by atoms with Crippen LogP contribution in [0.15, 0.2) is 30.5 Å². The number of halogens is 1. The van der Waals surface area contributed by atoms with Crippen LogP contribution in [0.25, 0.3) is 10.8 Å². The van der Waals surface area contributed by atoms with Crippen LogP contribution in [0.5, 0.6) is 0 Å². The lowest BCUT2D eigenvalue weighted by Gasteiger charge is -2.08. The Morgan fingerprint density at radius 2 is 2.11 bits per heavy atom. The highest BCUT2D eigenvalue weighted by Gasteiger charge is 2.11. The number of rotatable bonds is 5. The molecule has 0 spiro atoms. The van der Waals surface area contributed by atoms with Crippen molar-refractivity contribution in [3.05, 3.63) is 41.2 Å². The number of benzene rings is 1. The SMILES string of the molecule is COCCCNC(=O)c1cnc(Cl)c2ccccc12. The van der Waals surface area contributed by atoms with E-state index < -0.39 is 0 Å². The Morgan fingerprint density at radius 1 is 1.37 bits per heavy atom. The highest BCUT2D eigenvalue weighted by molar-refractivity contribution is 6.34. The van der Waals surface area contributed by atoms with Crippen molar-refractivity contribution in [2.75, 3.05) is 20.3 Å². The number of hydrogen-bond donors (Lipinski definition) is 1. The third kappa shape index (κ3) is 3.22. The average molecular weight is 279 g/mol. The molecule has 1 aromatic heterocycles. The molecule has 2 aromatic rings. The maximum Gasteiger partial charge on any atom is 0.253 e. The number of carbonyl (C=O) groups is 1. The van der Waals surface area contributed by atoms with Crippen LogP contribution in [-0.2, 0) is 4.74 Å². The minimum absolute atomic E-state index is 0.142. The molecule has 1 N–H and O–H groups in total. The number of hydrogen-bond acceptors (Lipinski definition) is 3. The van der Waals surface area contributed by atoms with Gasteiger partial charge in [-0.1, -0.05) is 35.9 Å². The molecular weight excluding hydrogens is 264 g/mol. The normalized spacial score (nSPS) is 10.6. The standard InChI is InChI=1S/C14H15ClN2O2/c1-19-8-4-7-16-14(18)12-9-17-13(15)11-6-3-2-5-10(11)12/h2-3,5-6,9H,4,7-8H2,1H3,(H,16,18). The lowest BCUT2D eigenvalue weighted by molar-refractivity contribution is 0.0950. The Kier molecular flexibility index (Phi) is 4.71. The minimum Gasteiger partial charge on any atom is -0.385 e. The van der Waals surface area contributed by atoms with E-state index in [1.165, 1.54) is 6.20 Å². The topological polar surface area (TPSA) is 51.2 Å². The summed E-state index contributed by atoms with van der Waals surface area (Å²) < 4.78 is 4.93. The van der Waals surface area contributed by atoms with Crippen LogP contribution in [0.3, 0.4) is 0 Å². The molecule has 0 radical (unpaired) electrons. The number of nitrogens with zero attached hydrogens (tertiary/aromatic N) is 1. The molecule has 1 aromatic carbocycles. The van der Waals surface area contributed by atoms with E-state index in [1.807, 2.05) is 24.3 Å². The van der Waals surface area contributed by atoms with Gasteiger partial charge in [-0.25, -0.2) is 4.98 Å². The predicted octanol–water partition coefficient (Wildman–Crippen LogP) is 2.65. The molecule has 0 aliphatic rings. The smallest absolute Gasteiger partial charge is 0.253 e. The predicted molar refractivity (Wildman–Crippen MR) is 75.6 cm³/mol. The summed E-state index contributed by atoms with van der Waals surface area (Å²) in [6.45, 7) is 1.20. The fourth-order valence-electron chi connectivity index (χ4n) is 1.85. The fourth-order valence-corrected chi connectivity index (χ4v) is 2.07. The molecule has 4 nitrogen and oxygen atoms in total. The van der Waals surface area contributed by atoms with Crippen molar-refractivity contribution in [1.29, 1.82) is 0 Å². The van der Waals surface area contributed by atoms with Gasteiger partial charge in [-0.05, 0) is 11.8 Å². The van der Waals surface area contributed by atoms with Crippen molar-refractivity contribution < 1.29 is 9.53 Å². The van der Waals surface area contributed by atoms with Crippen molar-refractivity contribution in [3.8, 4) is 0 Å². The molecule has 0 fully saturated rings. The Labute approximate surface area is 116 Å². The van der Waals surface area contributed by atoms with Crippen LogP contribution < -0.4 is 5.32 Å². The van der Waals surface area contributed by atoms with Crippen LogP contribution in [0.2, 0.25) is 5.15 Å². The van der Waals surface area contributed by atoms with E-state index in [-0.39, 0.29) is 5.91 Å². The number of pyridine rings is 1. The Bertz CT molecular complexity index is 587. The second kappa shape index (κ2) is 6.50. The quantitative estimate of drug-likeness (QED) is 0.676. The fraction of sp³-hybridized carbons (Fsp3) is 0.286. The number of ether oxygens (including phenoxy) is 1. The number of amides is 1. The zero-order chi connectivity index (χ0) is 13.7. The summed E-state index contributed by atoms with van der Waals surface area (Å²) in [5.74, 6) is -0.142. The van der Waals surface area contributed by atoms with Crippen LogP contribution in [-0.4, -0.2) is 31.2 Å². The number of nitrogens with one attached hydrogen (secondary N) is 1. The van der Waals surface area contributed by atoms with Crippen molar-refractivity contribution >= 4 is 28.3 Å². The number of fused-ring (bicyclic) bond motifs is 1. The highest BCUT2D eigenvalue weighted by Crippen LogP contribution is 2.23. The largest absolute Gasteiger partial charge is 0.385 e. The first-order valence-corrected chi connectivity index (χ1v) is 6.42. The first kappa shape index (κ1) is 13.8. The van der Waals surface area contributed by atoms with Gasteiger partial charge in [0.1, 0.15) is 5.15 Å². The van der Waals surface area contributed by atoms with Crippen LogP contribution >= 0.6 is 11.6 Å². The Balaban J connectivity index is 2.20. The molecule has 100 valence electrons. The van der Waals surface area contributed by atoms with E-state index in [9.17, 15) is 4.79 Å². The molecule has 0 aliphatic heterocycles. The van der Waals surface area contributed by atoms with Gasteiger partial charge in [-0.3, -0.25) is 4.79 Å². The van der Waals surface area contributed by atoms with E-state index in [2.05, 4.69) is 10.3 Å². The van der Waals surface area contributed by atoms with E-state index in [4.69, 9.17) is 16.3 Å². The van der Waals surface area contributed by atoms with Gasteiger partial charge in [-0.2, -0.15) is 0 Å². The molecule has 0 bridgehead atoms. The first-order valence-electron chi connectivity index (χ1n) is 6.04. The van der Waals surface area contributed by atoms with Gasteiger partial charge in [0.05, 0.1) is 5.56 Å². The molecule has 0 saturated carbocycles. The van der Waals surface area contributed by atoms with Crippen molar-refractivity contribution in [2.24, 2.45) is 0 Å². The van der Waals surface area contributed by atoms with Gasteiger partial charge in [0.15, 0.2) is 0 Å². The monoisotopic (exact) mass is 278 g/mol. The second-order valence-corrected chi connectivity index (χ2v) is 4.47. The van der Waals surface area contributed by atoms with Crippen molar-refractivity contribution in [1.82, 2.24) is 10.3 Å². The van der Waals surface area contributed by atoms with Gasteiger partial charge < -0.3 is 10.1 Å². The van der Waals surface area contributed by atoms with Crippen LogP contribution in [0.1, 0.15) is 16.8 Å². The summed E-state index contributed by atoms with van der Waals surface area (Å²) >= 11 is 6.02. The zero-order valence-corrected chi connectivity index (χ0v) is 11.4. The van der Waals surface area contributed by atoms with Crippen molar-refractivity contribution in [3.63, 3.8) is 0 Å². The summed E-state index contributed by atoms with van der Waals surface area (Å²) in [5, 5.41) is 4.85. The van der Waals surface area contributed by atoms with E-state index in [0.29, 0.717) is 23.9 Å². The third-order valence-corrected chi connectivity index (χ3v) is 3.10. The summed E-state index contributed by atoms with van der Waals surface area (Å²) in [4.78, 5) is 16.2. The lowest BCUT2D eigenvalue weighted by Crippen LogP contribution is -2.25. The van der Waals surface area contributed by atoms with E-state index in [0.717, 1.165) is 17.2 Å². The molecule has 0 aliphatic carbocycles. The molecule has 0 unspecified atom stereocenters. The van der Waals surface area contributed by atoms with Crippen LogP contribution in [0.4, 0.5) is 0 Å². The maximum absolute atomic E-state index is 12.1. The van der Waals surface area contributed by atoms with Gasteiger partial charge in [0.25, 0.3) is 5.91 Å². The molecule has 1 heterocycles. The molecule has 1 amide bonds. The van der Waals surface area contributed by atoms with Gasteiger partial charge in [0.2, 0.25) is 0 Å².